The topological polar surface area (TPSA) is 113 Å². The SMILES string of the molecule is Cc1nnc(-n2cc(C(N)=O)cn2)c(C(N)=S)c1C. The lowest BCUT2D eigenvalue weighted by atomic mass is 10.1. The average Bonchev–Trinajstić information content (AvgIpc) is 2.81. The van der Waals surface area contributed by atoms with Crippen LogP contribution in [-0.2, 0) is 0 Å². The van der Waals surface area contributed by atoms with Crippen molar-refractivity contribution in [3.8, 4) is 5.82 Å². The summed E-state index contributed by atoms with van der Waals surface area (Å²) in [4.78, 5) is 11.3. The Bertz CT molecular complexity index is 678. The zero-order valence-electron chi connectivity index (χ0n) is 10.4. The van der Waals surface area contributed by atoms with Crippen LogP contribution in [0.3, 0.4) is 0 Å². The van der Waals surface area contributed by atoms with Crippen molar-refractivity contribution in [2.45, 2.75) is 13.8 Å². The Balaban J connectivity index is 2.64. The molecule has 19 heavy (non-hydrogen) atoms. The van der Waals surface area contributed by atoms with Crippen LogP contribution >= 0.6 is 12.2 Å². The molecule has 0 aliphatic rings. The summed E-state index contributed by atoms with van der Waals surface area (Å²) in [6, 6.07) is 0. The Morgan fingerprint density at radius 2 is 2.00 bits per heavy atom. The van der Waals surface area contributed by atoms with Crippen LogP contribution in [0.4, 0.5) is 0 Å². The van der Waals surface area contributed by atoms with Gasteiger partial charge in [0.15, 0.2) is 5.82 Å². The summed E-state index contributed by atoms with van der Waals surface area (Å²) >= 11 is 5.03. The molecular weight excluding hydrogens is 264 g/mol. The second-order valence-corrected chi connectivity index (χ2v) is 4.45. The highest BCUT2D eigenvalue weighted by Crippen LogP contribution is 2.17. The van der Waals surface area contributed by atoms with Gasteiger partial charge in [0.1, 0.15) is 4.99 Å². The van der Waals surface area contributed by atoms with Gasteiger partial charge in [-0.05, 0) is 19.4 Å². The van der Waals surface area contributed by atoms with Crippen LogP contribution in [0, 0.1) is 13.8 Å². The van der Waals surface area contributed by atoms with Gasteiger partial charge in [-0.15, -0.1) is 5.10 Å². The average molecular weight is 276 g/mol. The van der Waals surface area contributed by atoms with E-state index >= 15 is 0 Å². The van der Waals surface area contributed by atoms with Crippen molar-refractivity contribution >= 4 is 23.1 Å². The first-order valence-electron chi connectivity index (χ1n) is 5.40. The van der Waals surface area contributed by atoms with Gasteiger partial charge >= 0.3 is 0 Å². The lowest BCUT2D eigenvalue weighted by molar-refractivity contribution is 0.100. The highest BCUT2D eigenvalue weighted by molar-refractivity contribution is 7.80. The lowest BCUT2D eigenvalue weighted by Crippen LogP contribution is -2.19. The van der Waals surface area contributed by atoms with Crippen LogP contribution in [0.5, 0.6) is 0 Å². The molecule has 0 spiro atoms. The van der Waals surface area contributed by atoms with Crippen LogP contribution < -0.4 is 11.5 Å². The minimum Gasteiger partial charge on any atom is -0.389 e. The molecule has 0 aromatic carbocycles. The van der Waals surface area contributed by atoms with Crippen molar-refractivity contribution in [3.63, 3.8) is 0 Å². The largest absolute Gasteiger partial charge is 0.389 e. The standard InChI is InChI=1S/C11H12N6OS/c1-5-6(2)15-16-11(8(5)10(13)19)17-4-7(3-14-17)9(12)18/h3-4H,1-2H3,(H2,12,18)(H2,13,19). The second kappa shape index (κ2) is 4.73. The van der Waals surface area contributed by atoms with E-state index in [0.717, 1.165) is 11.3 Å². The Kier molecular flexibility index (Phi) is 3.26. The van der Waals surface area contributed by atoms with Crippen molar-refractivity contribution in [1.29, 1.82) is 0 Å². The van der Waals surface area contributed by atoms with E-state index in [1.54, 1.807) is 0 Å². The predicted molar refractivity (Wildman–Crippen MR) is 73.0 cm³/mol. The second-order valence-electron chi connectivity index (χ2n) is 4.01. The third-order valence-corrected chi connectivity index (χ3v) is 2.97. The molecule has 2 rings (SSSR count). The van der Waals surface area contributed by atoms with E-state index in [4.69, 9.17) is 23.7 Å². The van der Waals surface area contributed by atoms with Crippen molar-refractivity contribution in [2.24, 2.45) is 11.5 Å². The highest BCUT2D eigenvalue weighted by Gasteiger charge is 2.16. The number of hydrogen-bond donors (Lipinski definition) is 2. The fourth-order valence-electron chi connectivity index (χ4n) is 1.62. The number of thiocarbonyl (C=S) groups is 1. The smallest absolute Gasteiger partial charge is 0.251 e. The molecule has 98 valence electrons. The molecule has 0 unspecified atom stereocenters. The number of carbonyl (C=O) groups is 1. The highest BCUT2D eigenvalue weighted by atomic mass is 32.1. The molecule has 2 aromatic rings. The van der Waals surface area contributed by atoms with Crippen molar-refractivity contribution in [3.05, 3.63) is 34.8 Å². The number of aryl methyl sites for hydroxylation is 1. The maximum Gasteiger partial charge on any atom is 0.251 e. The zero-order valence-corrected chi connectivity index (χ0v) is 11.2. The van der Waals surface area contributed by atoms with Gasteiger partial charge in [0.2, 0.25) is 0 Å². The van der Waals surface area contributed by atoms with Crippen LogP contribution in [0.2, 0.25) is 0 Å². The van der Waals surface area contributed by atoms with Crippen molar-refractivity contribution in [1.82, 2.24) is 20.0 Å². The molecule has 0 fully saturated rings. The summed E-state index contributed by atoms with van der Waals surface area (Å²) in [6.45, 7) is 3.66. The van der Waals surface area contributed by atoms with Crippen LogP contribution in [0.25, 0.3) is 5.82 Å². The van der Waals surface area contributed by atoms with E-state index < -0.39 is 5.91 Å². The Labute approximate surface area is 114 Å². The van der Waals surface area contributed by atoms with Crippen LogP contribution in [0.1, 0.15) is 27.2 Å². The minimum atomic E-state index is -0.570. The van der Waals surface area contributed by atoms with E-state index in [2.05, 4.69) is 15.3 Å². The molecule has 2 heterocycles. The summed E-state index contributed by atoms with van der Waals surface area (Å²) in [7, 11) is 0. The van der Waals surface area contributed by atoms with E-state index in [0.29, 0.717) is 11.4 Å². The number of rotatable bonds is 3. The number of primary amides is 1. The lowest BCUT2D eigenvalue weighted by Gasteiger charge is -2.10. The number of nitrogens with zero attached hydrogens (tertiary/aromatic N) is 4. The maximum absolute atomic E-state index is 11.1. The van der Waals surface area contributed by atoms with Gasteiger partial charge in [-0.25, -0.2) is 4.68 Å². The Morgan fingerprint density at radius 1 is 1.32 bits per heavy atom. The van der Waals surface area contributed by atoms with Gasteiger partial charge in [-0.1, -0.05) is 12.2 Å². The fourth-order valence-corrected chi connectivity index (χ4v) is 1.86. The molecule has 0 atom stereocenters. The molecular formula is C11H12N6OS. The molecule has 8 heteroatoms. The molecule has 7 nitrogen and oxygen atoms in total. The van der Waals surface area contributed by atoms with E-state index in [1.165, 1.54) is 17.1 Å². The maximum atomic E-state index is 11.1. The normalized spacial score (nSPS) is 10.4. The Hall–Kier alpha value is -2.35. The van der Waals surface area contributed by atoms with Crippen LogP contribution in [0.15, 0.2) is 12.4 Å². The number of carbonyl (C=O) groups excluding carboxylic acids is 1. The van der Waals surface area contributed by atoms with E-state index in [-0.39, 0.29) is 10.6 Å². The third-order valence-electron chi connectivity index (χ3n) is 2.77. The molecule has 0 saturated heterocycles. The van der Waals surface area contributed by atoms with Crippen molar-refractivity contribution < 1.29 is 4.79 Å². The molecule has 0 aliphatic carbocycles. The predicted octanol–water partition coefficient (Wildman–Crippen LogP) is 0.0122. The summed E-state index contributed by atoms with van der Waals surface area (Å²) in [5, 5.41) is 12.1. The molecule has 0 saturated carbocycles. The van der Waals surface area contributed by atoms with Crippen LogP contribution in [-0.4, -0.2) is 30.9 Å². The first-order valence-corrected chi connectivity index (χ1v) is 5.81. The molecule has 1 amide bonds. The van der Waals surface area contributed by atoms with E-state index in [1.807, 2.05) is 13.8 Å². The quantitative estimate of drug-likeness (QED) is 0.764. The number of hydrogen-bond acceptors (Lipinski definition) is 5. The minimum absolute atomic E-state index is 0.196. The van der Waals surface area contributed by atoms with Gasteiger partial charge in [0.05, 0.1) is 23.0 Å². The first-order chi connectivity index (χ1) is 8.91. The molecule has 0 radical (unpaired) electrons. The first kappa shape index (κ1) is 13.1. The number of nitrogens with two attached hydrogens (primary N) is 2. The summed E-state index contributed by atoms with van der Waals surface area (Å²) in [6.07, 6.45) is 2.81. The number of amides is 1. The molecule has 0 aliphatic heterocycles. The summed E-state index contributed by atoms with van der Waals surface area (Å²) in [5.74, 6) is -0.192. The monoisotopic (exact) mass is 276 g/mol. The summed E-state index contributed by atoms with van der Waals surface area (Å²) in [5.41, 5.74) is 13.3. The molecule has 2 aromatic heterocycles. The number of aromatic nitrogens is 4. The van der Waals surface area contributed by atoms with Gasteiger partial charge in [0, 0.05) is 6.20 Å². The van der Waals surface area contributed by atoms with Crippen molar-refractivity contribution in [2.75, 3.05) is 0 Å². The van der Waals surface area contributed by atoms with E-state index in [9.17, 15) is 4.79 Å². The van der Waals surface area contributed by atoms with Gasteiger partial charge < -0.3 is 11.5 Å². The van der Waals surface area contributed by atoms with Gasteiger partial charge in [0.25, 0.3) is 5.91 Å². The molecule has 4 N–H and O–H groups in total. The zero-order chi connectivity index (χ0) is 14.2. The fraction of sp³-hybridized carbons (Fsp3) is 0.182. The Morgan fingerprint density at radius 3 is 2.53 bits per heavy atom. The van der Waals surface area contributed by atoms with Gasteiger partial charge in [-0.2, -0.15) is 10.2 Å². The summed E-state index contributed by atoms with van der Waals surface area (Å²) < 4.78 is 1.38. The molecule has 0 bridgehead atoms. The van der Waals surface area contributed by atoms with Gasteiger partial charge in [-0.3, -0.25) is 4.79 Å². The third kappa shape index (κ3) is 2.29.